The average Bonchev–Trinajstić information content (AvgIpc) is 3.12. The lowest BCUT2D eigenvalue weighted by Gasteiger charge is -2.25. The predicted molar refractivity (Wildman–Crippen MR) is 70.7 cm³/mol. The van der Waals surface area contributed by atoms with Gasteiger partial charge in [-0.05, 0) is 19.8 Å². The highest BCUT2D eigenvalue weighted by molar-refractivity contribution is 7.09. The number of hydrogen-bond acceptors (Lipinski definition) is 5. The molecule has 0 spiro atoms. The van der Waals surface area contributed by atoms with E-state index in [0.717, 1.165) is 17.8 Å². The van der Waals surface area contributed by atoms with Gasteiger partial charge >= 0.3 is 6.09 Å². The zero-order chi connectivity index (χ0) is 13.8. The second kappa shape index (κ2) is 6.01. The van der Waals surface area contributed by atoms with E-state index in [1.807, 2.05) is 5.38 Å². The maximum absolute atomic E-state index is 12.3. The van der Waals surface area contributed by atoms with Gasteiger partial charge in [-0.2, -0.15) is 0 Å². The van der Waals surface area contributed by atoms with E-state index in [9.17, 15) is 9.59 Å². The molecule has 1 fully saturated rings. The highest BCUT2D eigenvalue weighted by Gasteiger charge is 2.35. The van der Waals surface area contributed by atoms with Crippen LogP contribution in [0.3, 0.4) is 0 Å². The maximum atomic E-state index is 12.3. The van der Waals surface area contributed by atoms with Crippen LogP contribution in [0.2, 0.25) is 0 Å². The lowest BCUT2D eigenvalue weighted by molar-refractivity contribution is -0.134. The molecule has 6 nitrogen and oxygen atoms in total. The summed E-state index contributed by atoms with van der Waals surface area (Å²) >= 11 is 1.53. The summed E-state index contributed by atoms with van der Waals surface area (Å²) in [6, 6.07) is -0.314. The number of carbonyl (C=O) groups excluding carboxylic acids is 2. The normalized spacial score (nSPS) is 15.7. The standard InChI is InChI=1S/C12H17N3O3S/c1-8(14-12(17)18-2)11(16)15(9-3-4-9)7-10-13-5-6-19-10/h5-6,8-9H,3-4,7H2,1-2H3,(H,14,17)/t8-/m0/s1. The molecule has 1 saturated carbocycles. The van der Waals surface area contributed by atoms with Crippen molar-refractivity contribution in [2.75, 3.05) is 7.11 Å². The van der Waals surface area contributed by atoms with Crippen LogP contribution in [0.15, 0.2) is 11.6 Å². The molecule has 1 atom stereocenters. The molecule has 0 unspecified atom stereocenters. The largest absolute Gasteiger partial charge is 0.453 e. The van der Waals surface area contributed by atoms with Gasteiger partial charge in [-0.25, -0.2) is 9.78 Å². The molecule has 2 amide bonds. The van der Waals surface area contributed by atoms with Crippen molar-refractivity contribution < 1.29 is 14.3 Å². The van der Waals surface area contributed by atoms with Gasteiger partial charge in [0.1, 0.15) is 11.0 Å². The van der Waals surface area contributed by atoms with E-state index in [2.05, 4.69) is 15.0 Å². The molecule has 1 aromatic heterocycles. The molecule has 0 saturated heterocycles. The molecular weight excluding hydrogens is 266 g/mol. The Hall–Kier alpha value is -1.63. The number of thiazole rings is 1. The zero-order valence-corrected chi connectivity index (χ0v) is 11.8. The van der Waals surface area contributed by atoms with E-state index < -0.39 is 12.1 Å². The van der Waals surface area contributed by atoms with E-state index >= 15 is 0 Å². The van der Waals surface area contributed by atoms with Crippen LogP contribution < -0.4 is 5.32 Å². The fourth-order valence-corrected chi connectivity index (χ4v) is 2.41. The van der Waals surface area contributed by atoms with E-state index in [0.29, 0.717) is 6.54 Å². The molecule has 0 aliphatic heterocycles. The van der Waals surface area contributed by atoms with Crippen LogP contribution >= 0.6 is 11.3 Å². The maximum Gasteiger partial charge on any atom is 0.407 e. The number of carbonyl (C=O) groups is 2. The van der Waals surface area contributed by atoms with Gasteiger partial charge in [-0.3, -0.25) is 4.79 Å². The quantitative estimate of drug-likeness (QED) is 0.886. The first-order chi connectivity index (χ1) is 9.11. The van der Waals surface area contributed by atoms with Gasteiger partial charge < -0.3 is 15.0 Å². The highest BCUT2D eigenvalue weighted by atomic mass is 32.1. The molecule has 0 radical (unpaired) electrons. The van der Waals surface area contributed by atoms with Crippen LogP contribution in [0.4, 0.5) is 4.79 Å². The second-order valence-electron chi connectivity index (χ2n) is 4.48. The van der Waals surface area contributed by atoms with Crippen LogP contribution in [0.25, 0.3) is 0 Å². The van der Waals surface area contributed by atoms with Crippen molar-refractivity contribution in [1.29, 1.82) is 0 Å². The molecule has 19 heavy (non-hydrogen) atoms. The number of alkyl carbamates (subject to hydrolysis) is 1. The summed E-state index contributed by atoms with van der Waals surface area (Å²) in [5, 5.41) is 5.30. The van der Waals surface area contributed by atoms with Crippen molar-refractivity contribution in [3.05, 3.63) is 16.6 Å². The highest BCUT2D eigenvalue weighted by Crippen LogP contribution is 2.29. The number of nitrogens with zero attached hydrogens (tertiary/aromatic N) is 2. The van der Waals surface area contributed by atoms with Crippen molar-refractivity contribution in [2.24, 2.45) is 0 Å². The molecule has 1 N–H and O–H groups in total. The first kappa shape index (κ1) is 13.8. The molecule has 104 valence electrons. The smallest absolute Gasteiger partial charge is 0.407 e. The minimum atomic E-state index is -0.592. The molecule has 0 bridgehead atoms. The topological polar surface area (TPSA) is 71.5 Å². The molecule has 2 rings (SSSR count). The second-order valence-corrected chi connectivity index (χ2v) is 5.46. The van der Waals surface area contributed by atoms with Crippen LogP contribution in [0, 0.1) is 0 Å². The molecule has 1 aliphatic rings. The first-order valence-electron chi connectivity index (χ1n) is 6.15. The SMILES string of the molecule is COC(=O)N[C@@H](C)C(=O)N(Cc1nccs1)C1CC1. The average molecular weight is 283 g/mol. The van der Waals surface area contributed by atoms with Crippen LogP contribution in [-0.2, 0) is 16.1 Å². The van der Waals surface area contributed by atoms with E-state index in [1.165, 1.54) is 18.4 Å². The van der Waals surface area contributed by atoms with Crippen molar-refractivity contribution in [3.8, 4) is 0 Å². The first-order valence-corrected chi connectivity index (χ1v) is 7.03. The van der Waals surface area contributed by atoms with Crippen LogP contribution in [0.1, 0.15) is 24.8 Å². The lowest BCUT2D eigenvalue weighted by atomic mass is 10.2. The Morgan fingerprint density at radius 1 is 1.63 bits per heavy atom. The van der Waals surface area contributed by atoms with Gasteiger partial charge in [0.2, 0.25) is 5.91 Å². The minimum absolute atomic E-state index is 0.0944. The van der Waals surface area contributed by atoms with Gasteiger partial charge in [-0.1, -0.05) is 0 Å². The van der Waals surface area contributed by atoms with Crippen molar-refractivity contribution in [1.82, 2.24) is 15.2 Å². The number of ether oxygens (including phenoxy) is 1. The molecule has 7 heteroatoms. The molecule has 0 aromatic carbocycles. The third-order valence-electron chi connectivity index (χ3n) is 2.95. The monoisotopic (exact) mass is 283 g/mol. The van der Waals surface area contributed by atoms with Crippen LogP contribution in [0.5, 0.6) is 0 Å². The summed E-state index contributed by atoms with van der Waals surface area (Å²) < 4.78 is 4.50. The van der Waals surface area contributed by atoms with Gasteiger partial charge in [-0.15, -0.1) is 11.3 Å². The minimum Gasteiger partial charge on any atom is -0.453 e. The van der Waals surface area contributed by atoms with Crippen LogP contribution in [-0.4, -0.2) is 41.1 Å². The summed E-state index contributed by atoms with van der Waals surface area (Å²) in [6.07, 6.45) is 3.17. The number of methoxy groups -OCH3 is 1. The molecule has 1 aromatic rings. The van der Waals surface area contributed by atoms with Gasteiger partial charge in [0.15, 0.2) is 0 Å². The fraction of sp³-hybridized carbons (Fsp3) is 0.583. The van der Waals surface area contributed by atoms with Gasteiger partial charge in [0.25, 0.3) is 0 Å². The molecule has 1 aliphatic carbocycles. The number of hydrogen-bond donors (Lipinski definition) is 1. The summed E-state index contributed by atoms with van der Waals surface area (Å²) in [6.45, 7) is 2.17. The Balaban J connectivity index is 1.98. The van der Waals surface area contributed by atoms with Crippen molar-refractivity contribution >= 4 is 23.3 Å². The third-order valence-corrected chi connectivity index (χ3v) is 3.71. The lowest BCUT2D eigenvalue weighted by Crippen LogP contribution is -2.47. The summed E-state index contributed by atoms with van der Waals surface area (Å²) in [4.78, 5) is 29.5. The number of aromatic nitrogens is 1. The van der Waals surface area contributed by atoms with Crippen molar-refractivity contribution in [2.45, 2.75) is 38.4 Å². The summed E-state index contributed by atoms with van der Waals surface area (Å²) in [7, 11) is 1.28. The predicted octanol–water partition coefficient (Wildman–Crippen LogP) is 1.38. The molecular formula is C12H17N3O3S. The van der Waals surface area contributed by atoms with E-state index in [-0.39, 0.29) is 11.9 Å². The Morgan fingerprint density at radius 2 is 2.37 bits per heavy atom. The van der Waals surface area contributed by atoms with E-state index in [4.69, 9.17) is 0 Å². The number of amides is 2. The van der Waals surface area contributed by atoms with E-state index in [1.54, 1.807) is 18.0 Å². The third kappa shape index (κ3) is 3.66. The van der Waals surface area contributed by atoms with Crippen molar-refractivity contribution in [3.63, 3.8) is 0 Å². The Kier molecular flexibility index (Phi) is 4.36. The van der Waals surface area contributed by atoms with Gasteiger partial charge in [0.05, 0.1) is 13.7 Å². The number of nitrogens with one attached hydrogen (secondary N) is 1. The zero-order valence-electron chi connectivity index (χ0n) is 11.0. The molecule has 1 heterocycles. The number of rotatable bonds is 5. The summed E-state index contributed by atoms with van der Waals surface area (Å²) in [5.74, 6) is -0.0944. The Morgan fingerprint density at radius 3 is 2.89 bits per heavy atom. The summed E-state index contributed by atoms with van der Waals surface area (Å²) in [5.41, 5.74) is 0. The Bertz CT molecular complexity index is 445. The Labute approximate surface area is 115 Å². The fourth-order valence-electron chi connectivity index (χ4n) is 1.80. The van der Waals surface area contributed by atoms with Gasteiger partial charge in [0, 0.05) is 17.6 Å².